The smallest absolute Gasteiger partial charge is 0.303 e. The fourth-order valence-electron chi connectivity index (χ4n) is 3.79. The Labute approximate surface area is 196 Å². The number of benzene rings is 2. The number of unbranched alkanes of at least 4 members (excludes halogenated alkanes) is 5. The highest BCUT2D eigenvalue weighted by Crippen LogP contribution is 2.12. The van der Waals surface area contributed by atoms with Crippen LogP contribution in [0.25, 0.3) is 0 Å². The molecular weight excluding hydrogens is 416 g/mol. The second kappa shape index (κ2) is 15.0. The van der Waals surface area contributed by atoms with Gasteiger partial charge in [0.2, 0.25) is 5.91 Å². The summed E-state index contributed by atoms with van der Waals surface area (Å²) in [6.07, 6.45) is 6.69. The summed E-state index contributed by atoms with van der Waals surface area (Å²) in [6, 6.07) is 18.0. The minimum absolute atomic E-state index is 0.0185. The van der Waals surface area contributed by atoms with Crippen LogP contribution >= 0.6 is 0 Å². The third kappa shape index (κ3) is 10.9. The summed E-state index contributed by atoms with van der Waals surface area (Å²) in [5.74, 6) is -1.05. The van der Waals surface area contributed by atoms with Gasteiger partial charge in [-0.05, 0) is 36.8 Å². The number of nitrogens with two attached hydrogens (primary N) is 1. The van der Waals surface area contributed by atoms with Gasteiger partial charge in [-0.2, -0.15) is 0 Å². The number of carbonyl (C=O) groups is 3. The fraction of sp³-hybridized carbons (Fsp3) is 0.444. The van der Waals surface area contributed by atoms with Crippen molar-refractivity contribution in [3.63, 3.8) is 0 Å². The molecule has 0 saturated carbocycles. The molecule has 0 unspecified atom stereocenters. The predicted molar refractivity (Wildman–Crippen MR) is 130 cm³/mol. The van der Waals surface area contributed by atoms with Gasteiger partial charge in [0.05, 0.1) is 12.1 Å². The number of rotatable bonds is 16. The van der Waals surface area contributed by atoms with Crippen LogP contribution in [0.5, 0.6) is 0 Å². The van der Waals surface area contributed by atoms with Gasteiger partial charge in [-0.3, -0.25) is 14.4 Å². The van der Waals surface area contributed by atoms with Crippen molar-refractivity contribution in [2.75, 3.05) is 0 Å². The van der Waals surface area contributed by atoms with Crippen molar-refractivity contribution in [3.8, 4) is 0 Å². The molecule has 1 amide bonds. The van der Waals surface area contributed by atoms with E-state index in [4.69, 9.17) is 10.8 Å². The SMILES string of the molecule is N[C@H](Cc1ccccc1)C(=O)N[C@H](Cc1ccccc1)C(=O)CCCCCCCCC(=O)O. The minimum atomic E-state index is -0.754. The van der Waals surface area contributed by atoms with E-state index in [9.17, 15) is 14.4 Å². The molecule has 2 aromatic carbocycles. The molecule has 0 bridgehead atoms. The number of aliphatic carboxylic acids is 1. The Morgan fingerprint density at radius 1 is 0.727 bits per heavy atom. The molecule has 0 saturated heterocycles. The van der Waals surface area contributed by atoms with E-state index in [2.05, 4.69) is 5.32 Å². The van der Waals surface area contributed by atoms with Crippen LogP contribution in [0.2, 0.25) is 0 Å². The molecule has 2 rings (SSSR count). The molecule has 6 heteroatoms. The summed E-state index contributed by atoms with van der Waals surface area (Å²) >= 11 is 0. The van der Waals surface area contributed by atoms with Crippen LogP contribution < -0.4 is 11.1 Å². The molecule has 178 valence electrons. The third-order valence-corrected chi connectivity index (χ3v) is 5.69. The first-order valence-corrected chi connectivity index (χ1v) is 11.8. The van der Waals surface area contributed by atoms with Gasteiger partial charge in [-0.15, -0.1) is 0 Å². The Hall–Kier alpha value is -2.99. The number of carboxylic acid groups (broad SMARTS) is 1. The molecule has 6 nitrogen and oxygen atoms in total. The maximum atomic E-state index is 13.0. The van der Waals surface area contributed by atoms with E-state index < -0.39 is 18.1 Å². The summed E-state index contributed by atoms with van der Waals surface area (Å²) < 4.78 is 0. The van der Waals surface area contributed by atoms with E-state index in [0.717, 1.165) is 43.2 Å². The lowest BCUT2D eigenvalue weighted by Gasteiger charge is -2.20. The number of nitrogens with one attached hydrogen (secondary N) is 1. The zero-order valence-corrected chi connectivity index (χ0v) is 19.2. The van der Waals surface area contributed by atoms with Crippen LogP contribution in [0.4, 0.5) is 0 Å². The largest absolute Gasteiger partial charge is 0.481 e. The van der Waals surface area contributed by atoms with Gasteiger partial charge in [0.1, 0.15) is 0 Å². The van der Waals surface area contributed by atoms with Crippen LogP contribution in [0, 0.1) is 0 Å². The quantitative estimate of drug-likeness (QED) is 0.333. The molecule has 0 aromatic heterocycles. The Balaban J connectivity index is 1.84. The van der Waals surface area contributed by atoms with Crippen molar-refractivity contribution in [1.82, 2.24) is 5.32 Å². The van der Waals surface area contributed by atoms with E-state index in [1.54, 1.807) is 0 Å². The van der Waals surface area contributed by atoms with Crippen LogP contribution in [0.15, 0.2) is 60.7 Å². The van der Waals surface area contributed by atoms with Crippen molar-refractivity contribution in [2.45, 2.75) is 76.3 Å². The van der Waals surface area contributed by atoms with Crippen molar-refractivity contribution in [1.29, 1.82) is 0 Å². The normalized spacial score (nSPS) is 12.6. The van der Waals surface area contributed by atoms with Gasteiger partial charge in [-0.1, -0.05) is 86.3 Å². The summed E-state index contributed by atoms with van der Waals surface area (Å²) in [7, 11) is 0. The van der Waals surface area contributed by atoms with E-state index in [1.807, 2.05) is 60.7 Å². The number of hydrogen-bond donors (Lipinski definition) is 3. The molecule has 0 fully saturated rings. The summed E-state index contributed by atoms with van der Waals surface area (Å²) in [5, 5.41) is 11.6. The number of carbonyl (C=O) groups excluding carboxylic acids is 2. The second-order valence-electron chi connectivity index (χ2n) is 8.53. The van der Waals surface area contributed by atoms with Crippen LogP contribution in [0.3, 0.4) is 0 Å². The van der Waals surface area contributed by atoms with E-state index in [-0.39, 0.29) is 18.1 Å². The zero-order valence-electron chi connectivity index (χ0n) is 19.2. The first-order valence-electron chi connectivity index (χ1n) is 11.8. The van der Waals surface area contributed by atoms with Gasteiger partial charge in [0.15, 0.2) is 5.78 Å². The van der Waals surface area contributed by atoms with Crippen molar-refractivity contribution < 1.29 is 19.5 Å². The lowest BCUT2D eigenvalue weighted by atomic mass is 9.97. The van der Waals surface area contributed by atoms with Crippen molar-refractivity contribution in [3.05, 3.63) is 71.8 Å². The molecule has 0 aliphatic carbocycles. The fourth-order valence-corrected chi connectivity index (χ4v) is 3.79. The predicted octanol–water partition coefficient (Wildman–Crippen LogP) is 4.06. The number of amides is 1. The Morgan fingerprint density at radius 3 is 1.76 bits per heavy atom. The standard InChI is InChI=1S/C27H36N2O4/c28-23(19-21-13-7-5-8-14-21)27(33)29-24(20-22-15-9-6-10-16-22)25(30)17-11-3-1-2-4-12-18-26(31)32/h5-10,13-16,23-24H,1-4,11-12,17-20,28H2,(H,29,33)(H,31,32)/t23-,24-/m1/s1. The monoisotopic (exact) mass is 452 g/mol. The lowest BCUT2D eigenvalue weighted by molar-refractivity contribution is -0.137. The molecule has 0 aliphatic heterocycles. The van der Waals surface area contributed by atoms with Crippen molar-refractivity contribution >= 4 is 17.7 Å². The minimum Gasteiger partial charge on any atom is -0.481 e. The molecule has 0 spiro atoms. The molecule has 4 N–H and O–H groups in total. The highest BCUT2D eigenvalue weighted by Gasteiger charge is 2.24. The molecule has 2 aromatic rings. The lowest BCUT2D eigenvalue weighted by Crippen LogP contribution is -2.50. The van der Waals surface area contributed by atoms with Crippen LogP contribution in [-0.4, -0.2) is 34.8 Å². The van der Waals surface area contributed by atoms with Gasteiger partial charge < -0.3 is 16.2 Å². The Kier molecular flexibility index (Phi) is 11.9. The van der Waals surface area contributed by atoms with Gasteiger partial charge in [-0.25, -0.2) is 0 Å². The zero-order chi connectivity index (χ0) is 23.9. The van der Waals surface area contributed by atoms with Gasteiger partial charge in [0.25, 0.3) is 0 Å². The molecule has 33 heavy (non-hydrogen) atoms. The molecule has 0 heterocycles. The summed E-state index contributed by atoms with van der Waals surface area (Å²) in [5.41, 5.74) is 8.10. The van der Waals surface area contributed by atoms with Crippen molar-refractivity contribution in [2.24, 2.45) is 5.73 Å². The van der Waals surface area contributed by atoms with Gasteiger partial charge in [0, 0.05) is 12.8 Å². The maximum Gasteiger partial charge on any atom is 0.303 e. The first kappa shape index (κ1) is 26.3. The summed E-state index contributed by atoms with van der Waals surface area (Å²) in [4.78, 5) is 36.2. The Morgan fingerprint density at radius 2 is 1.21 bits per heavy atom. The number of hydrogen-bond acceptors (Lipinski definition) is 4. The molecule has 0 aliphatic rings. The highest BCUT2D eigenvalue weighted by atomic mass is 16.4. The summed E-state index contributed by atoms with van der Waals surface area (Å²) in [6.45, 7) is 0. The average Bonchev–Trinajstić information content (AvgIpc) is 2.81. The molecule has 2 atom stereocenters. The highest BCUT2D eigenvalue weighted by molar-refractivity contribution is 5.91. The number of Topliss-reactive ketones (excluding diaryl/α,β-unsaturated/α-hetero) is 1. The number of ketones is 1. The van der Waals surface area contributed by atoms with E-state index in [1.165, 1.54) is 0 Å². The molecule has 0 radical (unpaired) electrons. The number of carboxylic acids is 1. The average molecular weight is 453 g/mol. The third-order valence-electron chi connectivity index (χ3n) is 5.69. The Bertz CT molecular complexity index is 855. The van der Waals surface area contributed by atoms with E-state index in [0.29, 0.717) is 25.7 Å². The van der Waals surface area contributed by atoms with Gasteiger partial charge >= 0.3 is 5.97 Å². The maximum absolute atomic E-state index is 13.0. The van der Waals surface area contributed by atoms with Crippen LogP contribution in [-0.2, 0) is 27.2 Å². The van der Waals surface area contributed by atoms with E-state index >= 15 is 0 Å². The second-order valence-corrected chi connectivity index (χ2v) is 8.53. The topological polar surface area (TPSA) is 109 Å². The first-order chi connectivity index (χ1) is 16.0. The molecular formula is C27H36N2O4. The van der Waals surface area contributed by atoms with Crippen LogP contribution in [0.1, 0.15) is 62.5 Å².